The molecule has 27 heavy (non-hydrogen) atoms. The van der Waals surface area contributed by atoms with Gasteiger partial charge >= 0.3 is 0 Å². The van der Waals surface area contributed by atoms with Crippen LogP contribution in [-0.2, 0) is 11.2 Å². The van der Waals surface area contributed by atoms with E-state index < -0.39 is 0 Å². The Hall–Kier alpha value is -2.95. The fourth-order valence-electron chi connectivity index (χ4n) is 3.75. The molecule has 0 bridgehead atoms. The Morgan fingerprint density at radius 1 is 1.00 bits per heavy atom. The van der Waals surface area contributed by atoms with Gasteiger partial charge in [0.15, 0.2) is 0 Å². The minimum absolute atomic E-state index is 0.135. The number of anilines is 1. The smallest absolute Gasteiger partial charge is 0.241 e. The van der Waals surface area contributed by atoms with E-state index in [0.29, 0.717) is 11.7 Å². The Morgan fingerprint density at radius 3 is 2.56 bits per heavy atom. The van der Waals surface area contributed by atoms with E-state index in [-0.39, 0.29) is 12.5 Å². The lowest BCUT2D eigenvalue weighted by Gasteiger charge is -2.32. The van der Waals surface area contributed by atoms with E-state index in [9.17, 15) is 4.79 Å². The Labute approximate surface area is 159 Å². The fraction of sp³-hybridized carbons (Fsp3) is 0.318. The van der Waals surface area contributed by atoms with Gasteiger partial charge in [-0.25, -0.2) is 9.97 Å². The molecule has 1 saturated heterocycles. The number of nitrogens with zero attached hydrogens (tertiary/aromatic N) is 3. The molecule has 5 heteroatoms. The van der Waals surface area contributed by atoms with Crippen LogP contribution in [0.4, 0.5) is 5.82 Å². The van der Waals surface area contributed by atoms with Crippen LogP contribution in [0.1, 0.15) is 18.4 Å². The summed E-state index contributed by atoms with van der Waals surface area (Å²) in [7, 11) is 0. The highest BCUT2D eigenvalue weighted by Crippen LogP contribution is 2.22. The van der Waals surface area contributed by atoms with E-state index >= 15 is 0 Å². The third-order valence-corrected chi connectivity index (χ3v) is 5.28. The molecule has 3 aromatic rings. The lowest BCUT2D eigenvalue weighted by atomic mass is 9.90. The Kier molecular flexibility index (Phi) is 5.28. The zero-order valence-electron chi connectivity index (χ0n) is 15.3. The van der Waals surface area contributed by atoms with Gasteiger partial charge in [0, 0.05) is 18.5 Å². The van der Waals surface area contributed by atoms with Gasteiger partial charge in [-0.3, -0.25) is 4.79 Å². The number of hydrogen-bond acceptors (Lipinski definition) is 4. The monoisotopic (exact) mass is 360 g/mol. The molecule has 1 fully saturated rings. The number of carbonyl (C=O) groups excluding carboxylic acids is 1. The van der Waals surface area contributed by atoms with Gasteiger partial charge in [0.1, 0.15) is 12.1 Å². The number of piperidine rings is 1. The highest BCUT2D eigenvalue weighted by atomic mass is 16.2. The Balaban J connectivity index is 1.29. The molecule has 2 aromatic carbocycles. The van der Waals surface area contributed by atoms with Gasteiger partial charge in [0.25, 0.3) is 0 Å². The first-order valence-corrected chi connectivity index (χ1v) is 9.55. The van der Waals surface area contributed by atoms with Crippen molar-refractivity contribution in [1.82, 2.24) is 14.9 Å². The molecule has 138 valence electrons. The maximum Gasteiger partial charge on any atom is 0.241 e. The van der Waals surface area contributed by atoms with Gasteiger partial charge in [-0.15, -0.1) is 0 Å². The number of likely N-dealkylation sites (tertiary alicyclic amines) is 1. The van der Waals surface area contributed by atoms with Crippen LogP contribution in [0, 0.1) is 5.92 Å². The molecule has 5 nitrogen and oxygen atoms in total. The average molecular weight is 360 g/mol. The highest BCUT2D eigenvalue weighted by Gasteiger charge is 2.22. The summed E-state index contributed by atoms with van der Waals surface area (Å²) < 4.78 is 0. The standard InChI is InChI=1S/C22H24N4O/c27-21(15-23-22-19-8-4-5-9-20(19)24-16-25-22)26-12-10-18(11-13-26)14-17-6-2-1-3-7-17/h1-9,16,18H,10-15H2,(H,23,24,25). The number of fused-ring (bicyclic) bond motifs is 1. The molecule has 2 heterocycles. The van der Waals surface area contributed by atoms with Crippen molar-refractivity contribution in [3.8, 4) is 0 Å². The molecule has 1 aliphatic rings. The van der Waals surface area contributed by atoms with Crippen LogP contribution in [0.15, 0.2) is 60.9 Å². The van der Waals surface area contributed by atoms with Crippen molar-refractivity contribution in [2.24, 2.45) is 5.92 Å². The zero-order valence-corrected chi connectivity index (χ0v) is 15.3. The van der Waals surface area contributed by atoms with Crippen LogP contribution < -0.4 is 5.32 Å². The van der Waals surface area contributed by atoms with Gasteiger partial charge in [-0.05, 0) is 42.9 Å². The average Bonchev–Trinajstić information content (AvgIpc) is 2.73. The van der Waals surface area contributed by atoms with Gasteiger partial charge in [-0.1, -0.05) is 42.5 Å². The molecular formula is C22H24N4O. The zero-order chi connectivity index (χ0) is 18.5. The van der Waals surface area contributed by atoms with Crippen molar-refractivity contribution >= 4 is 22.6 Å². The minimum atomic E-state index is 0.135. The van der Waals surface area contributed by atoms with Gasteiger partial charge < -0.3 is 10.2 Å². The number of nitrogens with one attached hydrogen (secondary N) is 1. The van der Waals surface area contributed by atoms with Gasteiger partial charge in [-0.2, -0.15) is 0 Å². The minimum Gasteiger partial charge on any atom is -0.360 e. The number of amides is 1. The van der Waals surface area contributed by atoms with E-state index in [0.717, 1.165) is 43.3 Å². The second-order valence-corrected chi connectivity index (χ2v) is 7.11. The molecule has 1 amide bonds. The van der Waals surface area contributed by atoms with Crippen molar-refractivity contribution in [1.29, 1.82) is 0 Å². The fourth-order valence-corrected chi connectivity index (χ4v) is 3.75. The number of aromatic nitrogens is 2. The van der Waals surface area contributed by atoms with E-state index in [1.165, 1.54) is 11.9 Å². The summed E-state index contributed by atoms with van der Waals surface area (Å²) in [5.41, 5.74) is 2.27. The van der Waals surface area contributed by atoms with Crippen LogP contribution in [0.2, 0.25) is 0 Å². The molecular weight excluding hydrogens is 336 g/mol. The first kappa shape index (κ1) is 17.5. The van der Waals surface area contributed by atoms with Crippen LogP contribution >= 0.6 is 0 Å². The molecule has 1 aliphatic heterocycles. The predicted octanol–water partition coefficient (Wildman–Crippen LogP) is 3.52. The number of benzene rings is 2. The summed E-state index contributed by atoms with van der Waals surface area (Å²) in [4.78, 5) is 23.1. The lowest BCUT2D eigenvalue weighted by molar-refractivity contribution is -0.130. The quantitative estimate of drug-likeness (QED) is 0.756. The van der Waals surface area contributed by atoms with Crippen molar-refractivity contribution in [3.63, 3.8) is 0 Å². The number of rotatable bonds is 5. The van der Waals surface area contributed by atoms with E-state index in [4.69, 9.17) is 0 Å². The van der Waals surface area contributed by atoms with Crippen molar-refractivity contribution in [2.45, 2.75) is 19.3 Å². The summed E-state index contributed by atoms with van der Waals surface area (Å²) >= 11 is 0. The second-order valence-electron chi connectivity index (χ2n) is 7.11. The molecule has 1 aromatic heterocycles. The Morgan fingerprint density at radius 2 is 1.74 bits per heavy atom. The van der Waals surface area contributed by atoms with Crippen LogP contribution in [0.25, 0.3) is 10.9 Å². The number of hydrogen-bond donors (Lipinski definition) is 1. The number of para-hydroxylation sites is 1. The first-order valence-electron chi connectivity index (χ1n) is 9.55. The maximum absolute atomic E-state index is 12.6. The number of carbonyl (C=O) groups is 1. The molecule has 4 rings (SSSR count). The largest absolute Gasteiger partial charge is 0.360 e. The van der Waals surface area contributed by atoms with E-state index in [1.807, 2.05) is 29.2 Å². The van der Waals surface area contributed by atoms with Crippen molar-refractivity contribution in [2.75, 3.05) is 25.0 Å². The summed E-state index contributed by atoms with van der Waals surface area (Å²) in [5, 5.41) is 4.13. The van der Waals surface area contributed by atoms with Crippen LogP contribution in [-0.4, -0.2) is 40.4 Å². The molecule has 1 N–H and O–H groups in total. The molecule has 0 atom stereocenters. The second kappa shape index (κ2) is 8.16. The van der Waals surface area contributed by atoms with Crippen molar-refractivity contribution in [3.05, 3.63) is 66.5 Å². The molecule has 0 radical (unpaired) electrons. The predicted molar refractivity (Wildman–Crippen MR) is 107 cm³/mol. The van der Waals surface area contributed by atoms with E-state index in [2.05, 4.69) is 45.6 Å². The van der Waals surface area contributed by atoms with Gasteiger partial charge in [0.2, 0.25) is 5.91 Å². The normalized spacial score (nSPS) is 15.0. The summed E-state index contributed by atoms with van der Waals surface area (Å²) in [6.45, 7) is 1.94. The van der Waals surface area contributed by atoms with Crippen LogP contribution in [0.5, 0.6) is 0 Å². The molecule has 0 aliphatic carbocycles. The third-order valence-electron chi connectivity index (χ3n) is 5.28. The topological polar surface area (TPSA) is 58.1 Å². The van der Waals surface area contributed by atoms with Crippen molar-refractivity contribution < 1.29 is 4.79 Å². The molecule has 0 spiro atoms. The summed E-state index contributed by atoms with van der Waals surface area (Å²) in [6.07, 6.45) is 4.77. The first-order chi connectivity index (χ1) is 13.3. The summed E-state index contributed by atoms with van der Waals surface area (Å²) in [6, 6.07) is 18.4. The Bertz CT molecular complexity index is 899. The SMILES string of the molecule is O=C(CNc1ncnc2ccccc12)N1CCC(Cc2ccccc2)CC1. The molecule has 0 saturated carbocycles. The van der Waals surface area contributed by atoms with Gasteiger partial charge in [0.05, 0.1) is 12.1 Å². The highest BCUT2D eigenvalue weighted by molar-refractivity contribution is 5.90. The third kappa shape index (κ3) is 4.25. The van der Waals surface area contributed by atoms with Crippen LogP contribution in [0.3, 0.4) is 0 Å². The summed E-state index contributed by atoms with van der Waals surface area (Å²) in [5.74, 6) is 1.51. The maximum atomic E-state index is 12.6. The lowest BCUT2D eigenvalue weighted by Crippen LogP contribution is -2.41. The van der Waals surface area contributed by atoms with E-state index in [1.54, 1.807) is 0 Å². The molecule has 0 unspecified atom stereocenters.